The Morgan fingerprint density at radius 2 is 1.82 bits per heavy atom. The predicted molar refractivity (Wildman–Crippen MR) is 116 cm³/mol. The van der Waals surface area contributed by atoms with Gasteiger partial charge < -0.3 is 14.8 Å². The van der Waals surface area contributed by atoms with E-state index in [4.69, 9.17) is 21.1 Å². The van der Waals surface area contributed by atoms with E-state index in [1.807, 2.05) is 26.0 Å². The first-order valence-corrected chi connectivity index (χ1v) is 10.8. The number of rotatable bonds is 3. The Hall–Kier alpha value is -2.75. The number of hydrogen-bond acceptors (Lipinski definition) is 6. The average molecular weight is 477 g/mol. The summed E-state index contributed by atoms with van der Waals surface area (Å²) in [7, 11) is 0. The molecule has 0 amide bonds. The third-order valence-electron chi connectivity index (χ3n) is 5.73. The molecule has 1 N–H and O–H groups in total. The second-order valence-electron chi connectivity index (χ2n) is 8.51. The van der Waals surface area contributed by atoms with Crippen LogP contribution in [0.25, 0.3) is 11.3 Å². The van der Waals surface area contributed by atoms with Crippen LogP contribution in [0.1, 0.15) is 30.7 Å². The van der Waals surface area contributed by atoms with Gasteiger partial charge in [-0.05, 0) is 43.2 Å². The molecule has 172 valence electrons. The fraction of sp³-hybridized carbons (Fsp3) is 0.348. The van der Waals surface area contributed by atoms with Gasteiger partial charge in [-0.15, -0.1) is 0 Å². The van der Waals surface area contributed by atoms with Crippen molar-refractivity contribution in [1.29, 1.82) is 0 Å². The molecule has 1 saturated heterocycles. The van der Waals surface area contributed by atoms with Crippen LogP contribution in [0, 0.1) is 0 Å². The molecule has 1 aliphatic carbocycles. The fourth-order valence-electron chi connectivity index (χ4n) is 4.35. The van der Waals surface area contributed by atoms with Crippen LogP contribution in [0.4, 0.5) is 24.7 Å². The van der Waals surface area contributed by atoms with Gasteiger partial charge in [-0.2, -0.15) is 13.2 Å². The molecule has 5 rings (SSSR count). The lowest BCUT2D eigenvalue weighted by molar-refractivity contribution is -0.145. The number of aromatic nitrogens is 3. The van der Waals surface area contributed by atoms with E-state index >= 15 is 0 Å². The van der Waals surface area contributed by atoms with Crippen LogP contribution in [-0.4, -0.2) is 32.9 Å². The van der Waals surface area contributed by atoms with Crippen LogP contribution < -0.4 is 5.32 Å². The van der Waals surface area contributed by atoms with E-state index in [2.05, 4.69) is 26.3 Å². The zero-order valence-electron chi connectivity index (χ0n) is 17.8. The van der Waals surface area contributed by atoms with Crippen LogP contribution in [0.2, 0.25) is 5.15 Å². The van der Waals surface area contributed by atoms with Gasteiger partial charge in [0, 0.05) is 30.2 Å². The van der Waals surface area contributed by atoms with E-state index in [1.54, 1.807) is 6.07 Å². The lowest BCUT2D eigenvalue weighted by Gasteiger charge is -2.27. The van der Waals surface area contributed by atoms with Gasteiger partial charge in [0.1, 0.15) is 23.0 Å². The zero-order chi connectivity index (χ0) is 23.4. The number of anilines is 2. The van der Waals surface area contributed by atoms with Crippen LogP contribution in [0.5, 0.6) is 0 Å². The minimum Gasteiger partial charge on any atom is -0.344 e. The van der Waals surface area contributed by atoms with Crippen molar-refractivity contribution in [2.24, 2.45) is 0 Å². The molecule has 2 aliphatic rings. The van der Waals surface area contributed by atoms with E-state index in [1.165, 1.54) is 18.0 Å². The second kappa shape index (κ2) is 7.93. The summed E-state index contributed by atoms with van der Waals surface area (Å²) >= 11 is 6.03. The molecule has 0 bridgehead atoms. The summed E-state index contributed by atoms with van der Waals surface area (Å²) in [5.41, 5.74) is 2.76. The summed E-state index contributed by atoms with van der Waals surface area (Å²) in [4.78, 5) is 11.9. The molecule has 0 unspecified atom stereocenters. The summed E-state index contributed by atoms with van der Waals surface area (Å²) in [6, 6.07) is 9.75. The molecule has 1 fully saturated rings. The van der Waals surface area contributed by atoms with Crippen LogP contribution in [0.3, 0.4) is 0 Å². The summed E-state index contributed by atoms with van der Waals surface area (Å²) in [5.74, 6) is -0.128. The summed E-state index contributed by atoms with van der Waals surface area (Å²) in [6.45, 7) is 3.83. The molecular formula is C23H20ClF3N4O2. The monoisotopic (exact) mass is 476 g/mol. The number of nitrogens with zero attached hydrogens (tertiary/aromatic N) is 3. The van der Waals surface area contributed by atoms with Gasteiger partial charge in [0.25, 0.3) is 0 Å². The van der Waals surface area contributed by atoms with Crippen LogP contribution in [0.15, 0.2) is 42.7 Å². The lowest BCUT2D eigenvalue weighted by atomic mass is 9.86. The first kappa shape index (κ1) is 22.1. The third-order valence-corrected chi connectivity index (χ3v) is 6.02. The molecule has 10 heteroatoms. The molecular weight excluding hydrogens is 457 g/mol. The molecule has 1 aromatic carbocycles. The normalized spacial score (nSPS) is 21.4. The number of hydrogen-bond donors (Lipinski definition) is 1. The van der Waals surface area contributed by atoms with Crippen molar-refractivity contribution in [3.8, 4) is 11.3 Å². The Kier molecular flexibility index (Phi) is 5.30. The Morgan fingerprint density at radius 3 is 2.55 bits per heavy atom. The van der Waals surface area contributed by atoms with E-state index in [-0.39, 0.29) is 22.9 Å². The smallest absolute Gasteiger partial charge is 0.344 e. The van der Waals surface area contributed by atoms with Crippen molar-refractivity contribution in [3.63, 3.8) is 0 Å². The summed E-state index contributed by atoms with van der Waals surface area (Å²) in [6.07, 6.45) is -1.82. The molecule has 0 spiro atoms. The van der Waals surface area contributed by atoms with Gasteiger partial charge in [0.2, 0.25) is 0 Å². The van der Waals surface area contributed by atoms with Gasteiger partial charge in [-0.1, -0.05) is 23.7 Å². The highest BCUT2D eigenvalue weighted by molar-refractivity contribution is 6.32. The van der Waals surface area contributed by atoms with Gasteiger partial charge in [0.05, 0.1) is 17.9 Å². The van der Waals surface area contributed by atoms with Crippen LogP contribution >= 0.6 is 11.6 Å². The summed E-state index contributed by atoms with van der Waals surface area (Å²) < 4.78 is 50.8. The van der Waals surface area contributed by atoms with Gasteiger partial charge >= 0.3 is 6.18 Å². The fourth-order valence-corrected chi connectivity index (χ4v) is 4.60. The van der Waals surface area contributed by atoms with E-state index < -0.39 is 17.7 Å². The van der Waals surface area contributed by atoms with E-state index in [9.17, 15) is 13.2 Å². The molecule has 33 heavy (non-hydrogen) atoms. The largest absolute Gasteiger partial charge is 0.433 e. The molecule has 3 aromatic rings. The number of halogens is 4. The van der Waals surface area contributed by atoms with Gasteiger partial charge in [-0.3, -0.25) is 0 Å². The van der Waals surface area contributed by atoms with Crippen molar-refractivity contribution in [3.05, 3.63) is 64.7 Å². The number of alkyl halides is 3. The number of nitrogens with one attached hydrogen (secondary N) is 1. The molecule has 3 heterocycles. The second-order valence-corrected chi connectivity index (χ2v) is 8.87. The third kappa shape index (κ3) is 4.40. The molecule has 1 aliphatic heterocycles. The first-order chi connectivity index (χ1) is 15.6. The van der Waals surface area contributed by atoms with Crippen molar-refractivity contribution in [2.75, 3.05) is 5.32 Å². The molecule has 0 radical (unpaired) electrons. The van der Waals surface area contributed by atoms with Crippen molar-refractivity contribution in [2.45, 2.75) is 50.9 Å². The van der Waals surface area contributed by atoms with E-state index in [0.29, 0.717) is 17.9 Å². The quantitative estimate of drug-likeness (QED) is 0.498. The van der Waals surface area contributed by atoms with Crippen molar-refractivity contribution < 1.29 is 22.6 Å². The maximum absolute atomic E-state index is 12.9. The maximum Gasteiger partial charge on any atom is 0.433 e. The van der Waals surface area contributed by atoms with Crippen molar-refractivity contribution >= 4 is 23.1 Å². The number of benzene rings is 1. The standard InChI is InChI=1S/C23H20ClF3N4O2/c1-22(2)32-17-8-12-4-3-5-15(14(12)9-18(17)33-22)30-20-10-16(28-11-29-20)13-6-7-19(23(25,26)27)31-21(13)24/h3-7,10-11,17-18H,8-9H2,1-2H3,(H,28,29,30)/t17-,18+/m1/s1. The van der Waals surface area contributed by atoms with E-state index in [0.717, 1.165) is 23.7 Å². The minimum atomic E-state index is -4.57. The topological polar surface area (TPSA) is 69.2 Å². The Bertz CT molecular complexity index is 1220. The average Bonchev–Trinajstić information content (AvgIpc) is 3.04. The lowest BCUT2D eigenvalue weighted by Crippen LogP contribution is -2.32. The first-order valence-electron chi connectivity index (χ1n) is 10.4. The number of fused-ring (bicyclic) bond motifs is 2. The highest BCUT2D eigenvalue weighted by Gasteiger charge is 2.44. The van der Waals surface area contributed by atoms with Crippen molar-refractivity contribution in [1.82, 2.24) is 15.0 Å². The molecule has 2 aromatic heterocycles. The van der Waals surface area contributed by atoms with Gasteiger partial charge in [0.15, 0.2) is 5.79 Å². The Morgan fingerprint density at radius 1 is 1.06 bits per heavy atom. The molecule has 2 atom stereocenters. The van der Waals surface area contributed by atoms with Crippen LogP contribution in [-0.2, 0) is 28.5 Å². The highest BCUT2D eigenvalue weighted by Crippen LogP contribution is 2.39. The Balaban J connectivity index is 1.42. The maximum atomic E-state index is 12.9. The molecule has 6 nitrogen and oxygen atoms in total. The zero-order valence-corrected chi connectivity index (χ0v) is 18.5. The number of ether oxygens (including phenoxy) is 2. The highest BCUT2D eigenvalue weighted by atomic mass is 35.5. The Labute approximate surface area is 193 Å². The predicted octanol–water partition coefficient (Wildman–Crippen LogP) is 5.57. The number of pyridine rings is 1. The minimum absolute atomic E-state index is 0.0164. The summed E-state index contributed by atoms with van der Waals surface area (Å²) in [5, 5.41) is 3.03. The molecule has 0 saturated carbocycles. The van der Waals surface area contributed by atoms with Gasteiger partial charge in [-0.25, -0.2) is 15.0 Å². The SMILES string of the molecule is CC1(C)O[C@H]2Cc3c(cccc3Nc3cc(-c4ccc(C(F)(F)F)nc4Cl)ncn3)C[C@H]2O1.